The third-order valence-electron chi connectivity index (χ3n) is 1.73. The molecule has 0 spiro atoms. The Labute approximate surface area is 83.7 Å². The Morgan fingerprint density at radius 3 is 2.86 bits per heavy atom. The Morgan fingerprint density at radius 1 is 1.64 bits per heavy atom. The lowest BCUT2D eigenvalue weighted by molar-refractivity contribution is -0.121. The van der Waals surface area contributed by atoms with Gasteiger partial charge in [-0.25, -0.2) is 4.98 Å². The van der Waals surface area contributed by atoms with E-state index in [4.69, 9.17) is 4.42 Å². The second kappa shape index (κ2) is 4.79. The van der Waals surface area contributed by atoms with Gasteiger partial charge in [-0.05, 0) is 5.92 Å². The van der Waals surface area contributed by atoms with Gasteiger partial charge in [0.25, 0.3) is 0 Å². The van der Waals surface area contributed by atoms with Gasteiger partial charge in [-0.2, -0.15) is 0 Å². The Kier molecular flexibility index (Phi) is 3.68. The maximum Gasteiger partial charge on any atom is 0.220 e. The van der Waals surface area contributed by atoms with Gasteiger partial charge in [-0.3, -0.25) is 4.79 Å². The monoisotopic (exact) mass is 196 g/mol. The molecule has 1 heterocycles. The van der Waals surface area contributed by atoms with Crippen LogP contribution in [0.1, 0.15) is 31.9 Å². The van der Waals surface area contributed by atoms with Crippen LogP contribution in [-0.4, -0.2) is 10.9 Å². The highest BCUT2D eigenvalue weighted by Crippen LogP contribution is 2.01. The van der Waals surface area contributed by atoms with Crippen LogP contribution in [-0.2, 0) is 11.3 Å². The molecule has 0 unspecified atom stereocenters. The Morgan fingerprint density at radius 2 is 2.36 bits per heavy atom. The van der Waals surface area contributed by atoms with Crippen LogP contribution in [0.4, 0.5) is 0 Å². The third kappa shape index (κ3) is 3.60. The highest BCUT2D eigenvalue weighted by atomic mass is 16.3. The van der Waals surface area contributed by atoms with Gasteiger partial charge in [0.2, 0.25) is 5.91 Å². The summed E-state index contributed by atoms with van der Waals surface area (Å²) in [5.41, 5.74) is 0.764. The van der Waals surface area contributed by atoms with Crippen LogP contribution in [0.5, 0.6) is 0 Å². The first kappa shape index (κ1) is 10.8. The van der Waals surface area contributed by atoms with Crippen molar-refractivity contribution in [2.75, 3.05) is 0 Å². The van der Waals surface area contributed by atoms with Crippen molar-refractivity contribution in [2.45, 2.75) is 33.7 Å². The topological polar surface area (TPSA) is 55.1 Å². The number of hydrogen-bond donors (Lipinski definition) is 1. The van der Waals surface area contributed by atoms with Crippen molar-refractivity contribution in [1.82, 2.24) is 10.3 Å². The van der Waals surface area contributed by atoms with Crippen molar-refractivity contribution in [3.8, 4) is 0 Å². The lowest BCUT2D eigenvalue weighted by atomic mass is 10.1. The van der Waals surface area contributed by atoms with E-state index in [1.54, 1.807) is 13.2 Å². The second-order valence-corrected chi connectivity index (χ2v) is 3.73. The molecule has 1 amide bonds. The van der Waals surface area contributed by atoms with E-state index in [-0.39, 0.29) is 5.91 Å². The zero-order valence-corrected chi connectivity index (χ0v) is 8.83. The molecule has 1 rings (SSSR count). The smallest absolute Gasteiger partial charge is 0.220 e. The maximum absolute atomic E-state index is 11.3. The van der Waals surface area contributed by atoms with Crippen molar-refractivity contribution in [1.29, 1.82) is 0 Å². The minimum Gasteiger partial charge on any atom is -0.449 e. The molecule has 14 heavy (non-hydrogen) atoms. The zero-order valence-electron chi connectivity index (χ0n) is 8.83. The quantitative estimate of drug-likeness (QED) is 0.796. The standard InChI is InChI=1S/C10H16N2O2/c1-7(2)4-10(13)11-5-9-6-14-8(3)12-9/h6-7H,4-5H2,1-3H3,(H,11,13). The van der Waals surface area contributed by atoms with Crippen LogP contribution < -0.4 is 5.32 Å². The van der Waals surface area contributed by atoms with Crippen molar-refractivity contribution < 1.29 is 9.21 Å². The molecule has 0 aromatic carbocycles. The largest absolute Gasteiger partial charge is 0.449 e. The van der Waals surface area contributed by atoms with Gasteiger partial charge in [0, 0.05) is 13.3 Å². The Balaban J connectivity index is 2.30. The first-order valence-corrected chi connectivity index (χ1v) is 4.75. The van der Waals surface area contributed by atoms with Crippen LogP contribution in [0.3, 0.4) is 0 Å². The van der Waals surface area contributed by atoms with Crippen LogP contribution in [0.15, 0.2) is 10.7 Å². The minimum absolute atomic E-state index is 0.0562. The summed E-state index contributed by atoms with van der Waals surface area (Å²) in [5.74, 6) is 1.06. The molecule has 78 valence electrons. The maximum atomic E-state index is 11.3. The van der Waals surface area contributed by atoms with Gasteiger partial charge >= 0.3 is 0 Å². The van der Waals surface area contributed by atoms with E-state index in [1.807, 2.05) is 13.8 Å². The number of hydrogen-bond acceptors (Lipinski definition) is 3. The predicted octanol–water partition coefficient (Wildman–Crippen LogP) is 1.65. The van der Waals surface area contributed by atoms with E-state index < -0.39 is 0 Å². The van der Waals surface area contributed by atoms with Gasteiger partial charge in [0.15, 0.2) is 5.89 Å². The fourth-order valence-electron chi connectivity index (χ4n) is 1.12. The van der Waals surface area contributed by atoms with Crippen molar-refractivity contribution in [3.05, 3.63) is 17.8 Å². The summed E-state index contributed by atoms with van der Waals surface area (Å²) in [5, 5.41) is 2.78. The van der Waals surface area contributed by atoms with Gasteiger partial charge in [-0.1, -0.05) is 13.8 Å². The summed E-state index contributed by atoms with van der Waals surface area (Å²) in [6, 6.07) is 0. The number of nitrogens with zero attached hydrogens (tertiary/aromatic N) is 1. The van der Waals surface area contributed by atoms with E-state index in [0.29, 0.717) is 24.8 Å². The lowest BCUT2D eigenvalue weighted by Gasteiger charge is -2.04. The number of rotatable bonds is 4. The van der Waals surface area contributed by atoms with Gasteiger partial charge in [0.05, 0.1) is 12.2 Å². The fourth-order valence-corrected chi connectivity index (χ4v) is 1.12. The molecule has 0 saturated carbocycles. The number of nitrogens with one attached hydrogen (secondary N) is 1. The van der Waals surface area contributed by atoms with E-state index >= 15 is 0 Å². The molecule has 1 N–H and O–H groups in total. The summed E-state index contributed by atoms with van der Waals surface area (Å²) in [4.78, 5) is 15.3. The molecule has 0 aliphatic heterocycles. The average molecular weight is 196 g/mol. The molecule has 1 aromatic heterocycles. The SMILES string of the molecule is Cc1nc(CNC(=O)CC(C)C)co1. The minimum atomic E-state index is 0.0562. The Hall–Kier alpha value is -1.32. The van der Waals surface area contributed by atoms with Crippen LogP contribution >= 0.6 is 0 Å². The Bertz CT molecular complexity index is 305. The fraction of sp³-hybridized carbons (Fsp3) is 0.600. The summed E-state index contributed by atoms with van der Waals surface area (Å²) in [6.07, 6.45) is 2.11. The molecule has 0 aliphatic rings. The number of carbonyl (C=O) groups excluding carboxylic acids is 1. The number of carbonyl (C=O) groups is 1. The molecule has 0 atom stereocenters. The molecule has 0 aliphatic carbocycles. The van der Waals surface area contributed by atoms with Gasteiger partial charge < -0.3 is 9.73 Å². The van der Waals surface area contributed by atoms with Crippen molar-refractivity contribution >= 4 is 5.91 Å². The molecular formula is C10H16N2O2. The zero-order chi connectivity index (χ0) is 10.6. The van der Waals surface area contributed by atoms with Crippen molar-refractivity contribution in [2.24, 2.45) is 5.92 Å². The van der Waals surface area contributed by atoms with E-state index in [2.05, 4.69) is 10.3 Å². The summed E-state index contributed by atoms with van der Waals surface area (Å²) in [7, 11) is 0. The third-order valence-corrected chi connectivity index (χ3v) is 1.73. The number of aryl methyl sites for hydroxylation is 1. The molecule has 4 nitrogen and oxygen atoms in total. The number of amides is 1. The van der Waals surface area contributed by atoms with E-state index in [1.165, 1.54) is 0 Å². The highest BCUT2D eigenvalue weighted by Gasteiger charge is 2.05. The molecule has 1 aromatic rings. The lowest BCUT2D eigenvalue weighted by Crippen LogP contribution is -2.24. The normalized spacial score (nSPS) is 10.6. The molecule has 0 radical (unpaired) electrons. The van der Waals surface area contributed by atoms with Crippen LogP contribution in [0.25, 0.3) is 0 Å². The van der Waals surface area contributed by atoms with Crippen molar-refractivity contribution in [3.63, 3.8) is 0 Å². The molecule has 0 bridgehead atoms. The molecule has 4 heteroatoms. The summed E-state index contributed by atoms with van der Waals surface area (Å²) >= 11 is 0. The summed E-state index contributed by atoms with van der Waals surface area (Å²) in [6.45, 7) is 6.25. The van der Waals surface area contributed by atoms with Crippen LogP contribution in [0, 0.1) is 12.8 Å². The number of oxazole rings is 1. The van der Waals surface area contributed by atoms with E-state index in [9.17, 15) is 4.79 Å². The highest BCUT2D eigenvalue weighted by molar-refractivity contribution is 5.75. The average Bonchev–Trinajstić information content (AvgIpc) is 2.47. The van der Waals surface area contributed by atoms with Gasteiger partial charge in [-0.15, -0.1) is 0 Å². The summed E-state index contributed by atoms with van der Waals surface area (Å²) < 4.78 is 5.02. The second-order valence-electron chi connectivity index (χ2n) is 3.73. The first-order chi connectivity index (χ1) is 6.58. The van der Waals surface area contributed by atoms with Crippen LogP contribution in [0.2, 0.25) is 0 Å². The molecule has 0 fully saturated rings. The first-order valence-electron chi connectivity index (χ1n) is 4.75. The number of aromatic nitrogens is 1. The van der Waals surface area contributed by atoms with E-state index in [0.717, 1.165) is 5.69 Å². The molecule has 0 saturated heterocycles. The molecular weight excluding hydrogens is 180 g/mol. The van der Waals surface area contributed by atoms with Gasteiger partial charge in [0.1, 0.15) is 6.26 Å². The predicted molar refractivity (Wildman–Crippen MR) is 52.5 cm³/mol.